The van der Waals surface area contributed by atoms with Crippen molar-refractivity contribution in [1.29, 1.82) is 0 Å². The third-order valence-corrected chi connectivity index (χ3v) is 4.83. The summed E-state index contributed by atoms with van der Waals surface area (Å²) in [6, 6.07) is 4.91. The number of unbranched alkanes of at least 4 members (excludes halogenated alkanes) is 8. The van der Waals surface area contributed by atoms with Gasteiger partial charge in [0.15, 0.2) is 0 Å². The van der Waals surface area contributed by atoms with Crippen LogP contribution in [-0.4, -0.2) is 29.7 Å². The van der Waals surface area contributed by atoms with E-state index in [2.05, 4.69) is 38.7 Å². The van der Waals surface area contributed by atoms with Crippen LogP contribution in [0.5, 0.6) is 5.75 Å². The predicted octanol–water partition coefficient (Wildman–Crippen LogP) is 4.64. The quantitative estimate of drug-likeness (QED) is 0.217. The number of hydrogen-bond acceptors (Lipinski definition) is 4. The summed E-state index contributed by atoms with van der Waals surface area (Å²) in [5.74, 6) is -0.465. The van der Waals surface area contributed by atoms with Crippen LogP contribution in [0.15, 0.2) is 27.8 Å². The Morgan fingerprint density at radius 2 is 1.68 bits per heavy atom. The van der Waals surface area contributed by atoms with Crippen molar-refractivity contribution >= 4 is 34.0 Å². The van der Waals surface area contributed by atoms with Gasteiger partial charge in [-0.25, -0.2) is 5.43 Å². The van der Waals surface area contributed by atoms with Gasteiger partial charge in [-0.2, -0.15) is 5.10 Å². The van der Waals surface area contributed by atoms with Crippen molar-refractivity contribution in [3.63, 3.8) is 0 Å². The van der Waals surface area contributed by atoms with Crippen molar-refractivity contribution in [2.24, 2.45) is 5.10 Å². The molecule has 0 aliphatic heterocycles. The maximum atomic E-state index is 11.8. The molecule has 0 heterocycles. The first kappa shape index (κ1) is 24.1. The molecule has 0 saturated heterocycles. The van der Waals surface area contributed by atoms with Gasteiger partial charge in [0.1, 0.15) is 5.75 Å². The number of phenols is 1. The van der Waals surface area contributed by atoms with Crippen LogP contribution >= 0.6 is 15.9 Å². The minimum absolute atomic E-state index is 0.0652. The van der Waals surface area contributed by atoms with Crippen molar-refractivity contribution < 1.29 is 14.7 Å². The van der Waals surface area contributed by atoms with Gasteiger partial charge in [-0.1, -0.05) is 74.2 Å². The fraction of sp³-hybridized carbons (Fsp3) is 0.571. The number of carbonyl (C=O) groups excluding carboxylic acids is 2. The van der Waals surface area contributed by atoms with Crippen LogP contribution in [0.4, 0.5) is 0 Å². The summed E-state index contributed by atoms with van der Waals surface area (Å²) in [5, 5.41) is 16.1. The van der Waals surface area contributed by atoms with Crippen LogP contribution in [0.1, 0.15) is 76.7 Å². The van der Waals surface area contributed by atoms with E-state index >= 15 is 0 Å². The Balaban J connectivity index is 2.07. The van der Waals surface area contributed by atoms with Gasteiger partial charge in [0, 0.05) is 16.5 Å². The molecule has 0 radical (unpaired) electrons. The summed E-state index contributed by atoms with van der Waals surface area (Å²) >= 11 is 3.30. The lowest BCUT2D eigenvalue weighted by Crippen LogP contribution is -2.34. The number of halogens is 1. The summed E-state index contributed by atoms with van der Waals surface area (Å²) in [5.41, 5.74) is 2.80. The second-order valence-corrected chi connectivity index (χ2v) is 7.77. The largest absolute Gasteiger partial charge is 0.507 e. The van der Waals surface area contributed by atoms with E-state index in [9.17, 15) is 14.7 Å². The molecule has 0 unspecified atom stereocenters. The van der Waals surface area contributed by atoms with Crippen LogP contribution in [0.2, 0.25) is 0 Å². The highest BCUT2D eigenvalue weighted by atomic mass is 79.9. The van der Waals surface area contributed by atoms with Gasteiger partial charge < -0.3 is 10.4 Å². The zero-order valence-corrected chi connectivity index (χ0v) is 18.3. The Labute approximate surface area is 176 Å². The standard InChI is InChI=1S/C21H32BrN3O3/c1-2-3-4-5-6-7-8-9-10-11-20(27)23-16-21(28)25-24-15-17-14-18(22)12-13-19(17)26/h12-15,26H,2-11,16H2,1H3,(H,23,27)(H,25,28). The minimum atomic E-state index is -0.411. The third kappa shape index (κ3) is 11.7. The number of aromatic hydroxyl groups is 1. The van der Waals surface area contributed by atoms with Crippen molar-refractivity contribution in [3.8, 4) is 5.75 Å². The van der Waals surface area contributed by atoms with Crippen LogP contribution in [0.3, 0.4) is 0 Å². The van der Waals surface area contributed by atoms with Crippen molar-refractivity contribution in [1.82, 2.24) is 10.7 Å². The SMILES string of the molecule is CCCCCCCCCCCC(=O)NCC(=O)NN=Cc1cc(Br)ccc1O. The molecule has 0 atom stereocenters. The van der Waals surface area contributed by atoms with Gasteiger partial charge in [-0.3, -0.25) is 9.59 Å². The molecule has 6 nitrogen and oxygen atoms in total. The zero-order valence-electron chi connectivity index (χ0n) is 16.7. The second-order valence-electron chi connectivity index (χ2n) is 6.85. The highest BCUT2D eigenvalue weighted by Gasteiger charge is 2.05. The molecule has 7 heteroatoms. The van der Waals surface area contributed by atoms with E-state index in [1.165, 1.54) is 50.8 Å². The molecule has 0 spiro atoms. The van der Waals surface area contributed by atoms with E-state index in [-0.39, 0.29) is 18.2 Å². The highest BCUT2D eigenvalue weighted by Crippen LogP contribution is 2.19. The van der Waals surface area contributed by atoms with Gasteiger partial charge in [-0.15, -0.1) is 0 Å². The summed E-state index contributed by atoms with van der Waals surface area (Å²) in [6.45, 7) is 2.11. The molecule has 2 amide bonds. The molecular weight excluding hydrogens is 422 g/mol. The average Bonchev–Trinajstić information content (AvgIpc) is 2.67. The average molecular weight is 454 g/mol. The van der Waals surface area contributed by atoms with Crippen molar-refractivity contribution in [2.75, 3.05) is 6.54 Å². The van der Waals surface area contributed by atoms with E-state index in [4.69, 9.17) is 0 Å². The molecule has 0 aliphatic rings. The van der Waals surface area contributed by atoms with Gasteiger partial charge >= 0.3 is 0 Å². The predicted molar refractivity (Wildman–Crippen MR) is 116 cm³/mol. The fourth-order valence-electron chi connectivity index (χ4n) is 2.71. The van der Waals surface area contributed by atoms with Gasteiger partial charge in [0.25, 0.3) is 5.91 Å². The molecule has 1 aromatic rings. The topological polar surface area (TPSA) is 90.8 Å². The number of nitrogens with one attached hydrogen (secondary N) is 2. The normalized spacial score (nSPS) is 10.9. The molecule has 156 valence electrons. The number of carbonyl (C=O) groups is 2. The summed E-state index contributed by atoms with van der Waals surface area (Å²) in [4.78, 5) is 23.5. The van der Waals surface area contributed by atoms with E-state index in [0.717, 1.165) is 23.7 Å². The Kier molecular flexibility index (Phi) is 13.0. The zero-order chi connectivity index (χ0) is 20.6. The summed E-state index contributed by atoms with van der Waals surface area (Å²) in [7, 11) is 0. The lowest BCUT2D eigenvalue weighted by molar-refractivity contribution is -0.126. The lowest BCUT2D eigenvalue weighted by Gasteiger charge is -2.05. The summed E-state index contributed by atoms with van der Waals surface area (Å²) < 4.78 is 0.793. The number of nitrogens with zero attached hydrogens (tertiary/aromatic N) is 1. The molecule has 0 aliphatic carbocycles. The number of benzene rings is 1. The number of hydrogen-bond donors (Lipinski definition) is 3. The molecule has 3 N–H and O–H groups in total. The van der Waals surface area contributed by atoms with Crippen molar-refractivity contribution in [2.45, 2.75) is 71.1 Å². The first-order chi connectivity index (χ1) is 13.5. The first-order valence-corrected chi connectivity index (χ1v) is 10.9. The summed E-state index contributed by atoms with van der Waals surface area (Å²) in [6.07, 6.45) is 12.6. The maximum Gasteiger partial charge on any atom is 0.259 e. The molecule has 0 saturated carbocycles. The number of hydrazone groups is 1. The van der Waals surface area contributed by atoms with E-state index in [1.807, 2.05) is 0 Å². The molecule has 0 bridgehead atoms. The molecule has 28 heavy (non-hydrogen) atoms. The smallest absolute Gasteiger partial charge is 0.259 e. The van der Waals surface area contributed by atoms with Crippen LogP contribution in [-0.2, 0) is 9.59 Å². The monoisotopic (exact) mass is 453 g/mol. The molecule has 0 fully saturated rings. The third-order valence-electron chi connectivity index (χ3n) is 4.34. The van der Waals surface area contributed by atoms with Crippen LogP contribution in [0, 0.1) is 0 Å². The van der Waals surface area contributed by atoms with E-state index in [1.54, 1.807) is 12.1 Å². The van der Waals surface area contributed by atoms with E-state index in [0.29, 0.717) is 12.0 Å². The van der Waals surface area contributed by atoms with E-state index < -0.39 is 5.91 Å². The maximum absolute atomic E-state index is 11.8. The number of amides is 2. The molecule has 1 rings (SSSR count). The first-order valence-electron chi connectivity index (χ1n) is 10.1. The highest BCUT2D eigenvalue weighted by molar-refractivity contribution is 9.10. The van der Waals surface area contributed by atoms with Gasteiger partial charge in [-0.05, 0) is 24.6 Å². The molecule has 0 aromatic heterocycles. The van der Waals surface area contributed by atoms with Crippen LogP contribution in [0.25, 0.3) is 0 Å². The fourth-order valence-corrected chi connectivity index (χ4v) is 3.08. The van der Waals surface area contributed by atoms with Crippen molar-refractivity contribution in [3.05, 3.63) is 28.2 Å². The minimum Gasteiger partial charge on any atom is -0.507 e. The molecular formula is C21H32BrN3O3. The molecule has 1 aromatic carbocycles. The van der Waals surface area contributed by atoms with Gasteiger partial charge in [0.05, 0.1) is 12.8 Å². The number of phenolic OH excluding ortho intramolecular Hbond substituents is 1. The van der Waals surface area contributed by atoms with Gasteiger partial charge in [0.2, 0.25) is 5.91 Å². The number of rotatable bonds is 14. The Bertz CT molecular complexity index is 635. The Morgan fingerprint density at radius 3 is 2.36 bits per heavy atom. The lowest BCUT2D eigenvalue weighted by atomic mass is 10.1. The van der Waals surface area contributed by atoms with Crippen LogP contribution < -0.4 is 10.7 Å². The Hall–Kier alpha value is -1.89. The Morgan fingerprint density at radius 1 is 1.04 bits per heavy atom. The second kappa shape index (κ2) is 15.1.